The number of aromatic amines is 1. The maximum absolute atomic E-state index is 12.5. The van der Waals surface area contributed by atoms with Crippen LogP contribution in [0.5, 0.6) is 0 Å². The van der Waals surface area contributed by atoms with E-state index in [1.807, 2.05) is 24.3 Å². The number of carbonyl (C=O) groups excluding carboxylic acids is 1. The molecule has 2 aromatic heterocycles. The van der Waals surface area contributed by atoms with Crippen LogP contribution < -0.4 is 21.9 Å². The first kappa shape index (κ1) is 18.3. The number of nitrogens with zero attached hydrogens (tertiary/aromatic N) is 1. The third-order valence-electron chi connectivity index (χ3n) is 4.02. The summed E-state index contributed by atoms with van der Waals surface area (Å²) >= 11 is 0. The number of benzene rings is 1. The van der Waals surface area contributed by atoms with E-state index < -0.39 is 0 Å². The van der Waals surface area contributed by atoms with Gasteiger partial charge in [-0.05, 0) is 61.0 Å². The summed E-state index contributed by atoms with van der Waals surface area (Å²) in [5, 5.41) is 5.90. The van der Waals surface area contributed by atoms with Crippen molar-refractivity contribution in [2.45, 2.75) is 6.42 Å². The molecule has 0 atom stereocenters. The minimum absolute atomic E-state index is 0.194. The molecule has 0 saturated heterocycles. The van der Waals surface area contributed by atoms with Crippen molar-refractivity contribution in [3.63, 3.8) is 0 Å². The third-order valence-corrected chi connectivity index (χ3v) is 4.02. The van der Waals surface area contributed by atoms with Crippen LogP contribution in [0.2, 0.25) is 0 Å². The Morgan fingerprint density at radius 3 is 2.52 bits per heavy atom. The number of amides is 1. The Bertz CT molecular complexity index is 952. The molecule has 5 N–H and O–H groups in total. The SMILES string of the molecule is NCCCNc1ccc(C(=O)Nc2cc(-c3ccncc3)c[nH]c2=O)cc1. The van der Waals surface area contributed by atoms with E-state index in [9.17, 15) is 9.59 Å². The number of rotatable bonds is 7. The number of pyridine rings is 2. The molecule has 3 rings (SSSR count). The lowest BCUT2D eigenvalue weighted by molar-refractivity contribution is 0.102. The molecule has 7 heteroatoms. The molecule has 0 saturated carbocycles. The summed E-state index contributed by atoms with van der Waals surface area (Å²) in [5.74, 6) is -0.346. The van der Waals surface area contributed by atoms with Crippen molar-refractivity contribution in [2.75, 3.05) is 23.7 Å². The zero-order chi connectivity index (χ0) is 19.1. The third kappa shape index (κ3) is 4.80. The monoisotopic (exact) mass is 363 g/mol. The average Bonchev–Trinajstić information content (AvgIpc) is 2.71. The minimum Gasteiger partial charge on any atom is -0.385 e. The topological polar surface area (TPSA) is 113 Å². The lowest BCUT2D eigenvalue weighted by Crippen LogP contribution is -2.19. The van der Waals surface area contributed by atoms with Gasteiger partial charge in [0.15, 0.2) is 0 Å². The van der Waals surface area contributed by atoms with E-state index in [0.29, 0.717) is 12.1 Å². The molecule has 0 unspecified atom stereocenters. The molecular formula is C20H21N5O2. The smallest absolute Gasteiger partial charge is 0.271 e. The molecule has 0 aliphatic carbocycles. The van der Waals surface area contributed by atoms with E-state index in [0.717, 1.165) is 29.8 Å². The van der Waals surface area contributed by atoms with Crippen LogP contribution in [0.15, 0.2) is 65.8 Å². The highest BCUT2D eigenvalue weighted by Gasteiger charge is 2.10. The maximum atomic E-state index is 12.5. The molecule has 1 aromatic carbocycles. The number of anilines is 2. The first-order chi connectivity index (χ1) is 13.2. The van der Waals surface area contributed by atoms with Crippen LogP contribution in [-0.2, 0) is 0 Å². The van der Waals surface area contributed by atoms with Crippen LogP contribution in [0, 0.1) is 0 Å². The normalized spacial score (nSPS) is 10.4. The van der Waals surface area contributed by atoms with E-state index in [4.69, 9.17) is 5.73 Å². The van der Waals surface area contributed by atoms with Crippen molar-refractivity contribution in [2.24, 2.45) is 5.73 Å². The molecule has 7 nitrogen and oxygen atoms in total. The van der Waals surface area contributed by atoms with Crippen molar-refractivity contribution in [1.29, 1.82) is 0 Å². The van der Waals surface area contributed by atoms with Gasteiger partial charge in [0, 0.05) is 41.9 Å². The van der Waals surface area contributed by atoms with Crippen molar-refractivity contribution >= 4 is 17.3 Å². The first-order valence-corrected chi connectivity index (χ1v) is 8.66. The zero-order valence-corrected chi connectivity index (χ0v) is 14.7. The molecule has 1 amide bonds. The van der Waals surface area contributed by atoms with Gasteiger partial charge >= 0.3 is 0 Å². The highest BCUT2D eigenvalue weighted by atomic mass is 16.2. The lowest BCUT2D eigenvalue weighted by Gasteiger charge is -2.09. The van der Waals surface area contributed by atoms with E-state index in [1.165, 1.54) is 0 Å². The summed E-state index contributed by atoms with van der Waals surface area (Å²) in [6.45, 7) is 1.40. The number of hydrogen-bond acceptors (Lipinski definition) is 5. The number of carbonyl (C=O) groups is 1. The molecule has 27 heavy (non-hydrogen) atoms. The Kier molecular flexibility index (Phi) is 5.96. The van der Waals surface area contributed by atoms with Crippen LogP contribution >= 0.6 is 0 Å². The van der Waals surface area contributed by atoms with Crippen LogP contribution in [-0.4, -0.2) is 29.0 Å². The van der Waals surface area contributed by atoms with Crippen molar-refractivity contribution < 1.29 is 4.79 Å². The summed E-state index contributed by atoms with van der Waals surface area (Å²) in [4.78, 5) is 31.2. The number of H-pyrrole nitrogens is 1. The second-order valence-corrected chi connectivity index (χ2v) is 5.97. The van der Waals surface area contributed by atoms with E-state index in [-0.39, 0.29) is 17.2 Å². The van der Waals surface area contributed by atoms with Crippen molar-refractivity contribution in [3.8, 4) is 11.1 Å². The van der Waals surface area contributed by atoms with Gasteiger partial charge in [-0.25, -0.2) is 0 Å². The van der Waals surface area contributed by atoms with E-state index in [1.54, 1.807) is 36.8 Å². The fourth-order valence-electron chi connectivity index (χ4n) is 2.56. The zero-order valence-electron chi connectivity index (χ0n) is 14.7. The van der Waals surface area contributed by atoms with Gasteiger partial charge in [-0.2, -0.15) is 0 Å². The first-order valence-electron chi connectivity index (χ1n) is 8.66. The summed E-state index contributed by atoms with van der Waals surface area (Å²) < 4.78 is 0. The molecule has 3 aromatic rings. The standard InChI is InChI=1S/C20H21N5O2/c21-8-1-9-23-17-4-2-15(3-5-17)19(26)25-18-12-16(13-24-20(18)27)14-6-10-22-11-7-14/h2-7,10-13,23H,1,8-9,21H2,(H,24,27)(H,25,26). The fourth-order valence-corrected chi connectivity index (χ4v) is 2.56. The second-order valence-electron chi connectivity index (χ2n) is 5.97. The van der Waals surface area contributed by atoms with Crippen LogP contribution in [0.25, 0.3) is 11.1 Å². The van der Waals surface area contributed by atoms with E-state index in [2.05, 4.69) is 20.6 Å². The van der Waals surface area contributed by atoms with Crippen LogP contribution in [0.4, 0.5) is 11.4 Å². The predicted molar refractivity (Wildman–Crippen MR) is 107 cm³/mol. The van der Waals surface area contributed by atoms with Gasteiger partial charge in [0.05, 0.1) is 0 Å². The molecule has 2 heterocycles. The number of nitrogens with two attached hydrogens (primary N) is 1. The van der Waals surface area contributed by atoms with Gasteiger partial charge in [-0.15, -0.1) is 0 Å². The van der Waals surface area contributed by atoms with Crippen LogP contribution in [0.1, 0.15) is 16.8 Å². The van der Waals surface area contributed by atoms with E-state index >= 15 is 0 Å². The fraction of sp³-hybridized carbons (Fsp3) is 0.150. The highest BCUT2D eigenvalue weighted by Crippen LogP contribution is 2.19. The largest absolute Gasteiger partial charge is 0.385 e. The summed E-state index contributed by atoms with van der Waals surface area (Å²) in [6, 6.07) is 12.4. The highest BCUT2D eigenvalue weighted by molar-refractivity contribution is 6.04. The quantitative estimate of drug-likeness (QED) is 0.482. The molecule has 0 aliphatic rings. The van der Waals surface area contributed by atoms with Gasteiger partial charge in [-0.1, -0.05) is 0 Å². The molecule has 0 spiro atoms. The lowest BCUT2D eigenvalue weighted by atomic mass is 10.1. The predicted octanol–water partition coefficient (Wildman–Crippen LogP) is 2.45. The van der Waals surface area contributed by atoms with Crippen LogP contribution in [0.3, 0.4) is 0 Å². The molecule has 138 valence electrons. The Labute approximate surface area is 156 Å². The Morgan fingerprint density at radius 1 is 1.07 bits per heavy atom. The molecule has 0 fully saturated rings. The minimum atomic E-state index is -0.360. The number of nitrogens with one attached hydrogen (secondary N) is 3. The summed E-state index contributed by atoms with van der Waals surface area (Å²) in [5.41, 5.74) is 8.36. The van der Waals surface area contributed by atoms with Gasteiger partial charge in [-0.3, -0.25) is 14.6 Å². The number of hydrogen-bond donors (Lipinski definition) is 4. The van der Waals surface area contributed by atoms with Gasteiger partial charge in [0.2, 0.25) is 0 Å². The van der Waals surface area contributed by atoms with Gasteiger partial charge in [0.1, 0.15) is 5.69 Å². The second kappa shape index (κ2) is 8.77. The molecular weight excluding hydrogens is 342 g/mol. The Balaban J connectivity index is 1.73. The van der Waals surface area contributed by atoms with Gasteiger partial charge < -0.3 is 21.4 Å². The summed E-state index contributed by atoms with van der Waals surface area (Å²) in [6.07, 6.45) is 5.82. The Morgan fingerprint density at radius 2 is 1.81 bits per heavy atom. The molecule has 0 bridgehead atoms. The maximum Gasteiger partial charge on any atom is 0.271 e. The molecule has 0 radical (unpaired) electrons. The number of aromatic nitrogens is 2. The van der Waals surface area contributed by atoms with Gasteiger partial charge in [0.25, 0.3) is 11.5 Å². The van der Waals surface area contributed by atoms with Crippen molar-refractivity contribution in [1.82, 2.24) is 9.97 Å². The van der Waals surface area contributed by atoms with Crippen molar-refractivity contribution in [3.05, 3.63) is 77.0 Å². The Hall–Kier alpha value is -3.45. The average molecular weight is 363 g/mol. The molecule has 0 aliphatic heterocycles. The summed E-state index contributed by atoms with van der Waals surface area (Å²) in [7, 11) is 0.